The minimum Gasteiger partial charge on any atom is -0.478 e. The number of aryl methyl sites for hydroxylation is 1. The Bertz CT molecular complexity index is 711. The Morgan fingerprint density at radius 3 is 2.43 bits per heavy atom. The van der Waals surface area contributed by atoms with Crippen LogP contribution in [0.15, 0.2) is 35.1 Å². The average molecular weight is 404 g/mol. The minimum atomic E-state index is -1.13. The zero-order valence-electron chi connectivity index (χ0n) is 11.4. The van der Waals surface area contributed by atoms with Crippen molar-refractivity contribution in [3.63, 3.8) is 0 Å². The molecular weight excluding hydrogens is 390 g/mol. The number of aromatic nitrogens is 1. The highest BCUT2D eigenvalue weighted by Gasteiger charge is 2.12. The maximum atomic E-state index is 12.2. The van der Waals surface area contributed by atoms with Crippen LogP contribution in [0.3, 0.4) is 0 Å². The molecule has 1 aromatic carbocycles. The molecule has 1 aromatic heterocycles. The third-order valence-corrected chi connectivity index (χ3v) is 3.33. The molecule has 21 heavy (non-hydrogen) atoms. The third-order valence-electron chi connectivity index (χ3n) is 2.66. The lowest BCUT2D eigenvalue weighted by Crippen LogP contribution is -2.24. The second-order valence-corrected chi connectivity index (χ2v) is 5.48. The lowest BCUT2D eigenvalue weighted by molar-refractivity contribution is 0.0697. The summed E-state index contributed by atoms with van der Waals surface area (Å²) in [6.07, 6.45) is 0. The molecule has 0 saturated heterocycles. The number of pyridine rings is 1. The summed E-state index contributed by atoms with van der Waals surface area (Å²) in [5.74, 6) is -1.32. The highest BCUT2D eigenvalue weighted by molar-refractivity contribution is 14.1. The molecule has 0 aliphatic heterocycles. The van der Waals surface area contributed by atoms with Crippen LogP contribution >= 0.6 is 22.6 Å². The smallest absolute Gasteiger partial charge is 0.339 e. The van der Waals surface area contributed by atoms with E-state index in [2.05, 4.69) is 22.6 Å². The van der Waals surface area contributed by atoms with Crippen molar-refractivity contribution < 1.29 is 14.3 Å². The van der Waals surface area contributed by atoms with Gasteiger partial charge in [0.1, 0.15) is 17.2 Å². The summed E-state index contributed by atoms with van der Waals surface area (Å²) < 4.78 is 14.2. The van der Waals surface area contributed by atoms with Gasteiger partial charge in [0.05, 0.1) is 0 Å². The van der Waals surface area contributed by atoms with Gasteiger partial charge in [-0.2, -0.15) is 0 Å². The van der Waals surface area contributed by atoms with Crippen LogP contribution in [0.4, 0.5) is 10.2 Å². The number of carboxylic acid groups (broad SMARTS) is 1. The summed E-state index contributed by atoms with van der Waals surface area (Å²) in [6.45, 7) is 1.55. The van der Waals surface area contributed by atoms with E-state index in [4.69, 9.17) is 10.8 Å². The van der Waals surface area contributed by atoms with Gasteiger partial charge in [-0.15, -0.1) is 0 Å². The summed E-state index contributed by atoms with van der Waals surface area (Å²) in [5.41, 5.74) is 5.49. The van der Waals surface area contributed by atoms with E-state index in [9.17, 15) is 14.0 Å². The highest BCUT2D eigenvalue weighted by atomic mass is 127. The van der Waals surface area contributed by atoms with Crippen LogP contribution < -0.4 is 11.3 Å². The number of hydrogen-bond donors (Lipinski definition) is 2. The molecule has 0 bridgehead atoms. The lowest BCUT2D eigenvalue weighted by Gasteiger charge is -2.07. The van der Waals surface area contributed by atoms with Crippen LogP contribution in [0.25, 0.3) is 0 Å². The maximum absolute atomic E-state index is 12.2. The van der Waals surface area contributed by atoms with Gasteiger partial charge >= 0.3 is 5.97 Å². The molecule has 112 valence electrons. The van der Waals surface area contributed by atoms with Crippen molar-refractivity contribution in [2.24, 2.45) is 7.05 Å². The van der Waals surface area contributed by atoms with Crippen molar-refractivity contribution >= 4 is 34.4 Å². The summed E-state index contributed by atoms with van der Waals surface area (Å²) in [6, 6.07) is 7.74. The van der Waals surface area contributed by atoms with Crippen molar-refractivity contribution in [3.05, 3.63) is 61.2 Å². The molecule has 0 atom stereocenters. The molecule has 0 spiro atoms. The summed E-state index contributed by atoms with van der Waals surface area (Å²) >= 11 is 2.07. The SMILES string of the molecule is Cc1cc(C(=O)O)c(N)n(C)c1=O.Fc1cccc(I)c1. The first kappa shape index (κ1) is 17.2. The molecule has 2 aromatic rings. The van der Waals surface area contributed by atoms with Gasteiger partial charge in [-0.25, -0.2) is 9.18 Å². The van der Waals surface area contributed by atoms with Gasteiger partial charge in [-0.1, -0.05) is 6.07 Å². The monoisotopic (exact) mass is 404 g/mol. The van der Waals surface area contributed by atoms with Gasteiger partial charge in [0.2, 0.25) is 0 Å². The van der Waals surface area contributed by atoms with Gasteiger partial charge in [0, 0.05) is 16.2 Å². The van der Waals surface area contributed by atoms with Crippen molar-refractivity contribution in [1.29, 1.82) is 0 Å². The van der Waals surface area contributed by atoms with Gasteiger partial charge < -0.3 is 10.8 Å². The fraction of sp³-hybridized carbons (Fsp3) is 0.143. The second-order valence-electron chi connectivity index (χ2n) is 4.24. The second kappa shape index (κ2) is 7.21. The number of carboxylic acids is 1. The molecule has 0 unspecified atom stereocenters. The first-order valence-corrected chi connectivity index (χ1v) is 6.92. The van der Waals surface area contributed by atoms with E-state index < -0.39 is 5.97 Å². The van der Waals surface area contributed by atoms with E-state index in [1.165, 1.54) is 25.2 Å². The summed E-state index contributed by atoms with van der Waals surface area (Å²) in [7, 11) is 1.44. The van der Waals surface area contributed by atoms with Crippen molar-refractivity contribution in [1.82, 2.24) is 4.57 Å². The number of rotatable bonds is 1. The van der Waals surface area contributed by atoms with E-state index >= 15 is 0 Å². The predicted octanol–water partition coefficient (Wildman–Crippen LogP) is 2.40. The molecular formula is C14H14FIN2O3. The Hall–Kier alpha value is -1.90. The number of nitrogens with two attached hydrogens (primary N) is 1. The fourth-order valence-corrected chi connectivity index (χ4v) is 2.04. The average Bonchev–Trinajstić information content (AvgIpc) is 2.40. The summed E-state index contributed by atoms with van der Waals surface area (Å²) in [5, 5.41) is 8.71. The van der Waals surface area contributed by atoms with E-state index in [1.807, 2.05) is 6.07 Å². The first-order valence-electron chi connectivity index (χ1n) is 5.84. The number of nitrogens with zero attached hydrogens (tertiary/aromatic N) is 1. The quantitative estimate of drug-likeness (QED) is 0.715. The highest BCUT2D eigenvalue weighted by Crippen LogP contribution is 2.09. The molecule has 5 nitrogen and oxygen atoms in total. The number of carbonyl (C=O) groups is 1. The van der Waals surface area contributed by atoms with E-state index in [0.717, 1.165) is 8.14 Å². The molecule has 0 saturated carbocycles. The lowest BCUT2D eigenvalue weighted by atomic mass is 10.2. The molecule has 1 heterocycles. The fourth-order valence-electron chi connectivity index (χ4n) is 1.54. The Morgan fingerprint density at radius 2 is 2.00 bits per heavy atom. The number of anilines is 1. The Kier molecular flexibility index (Phi) is 5.89. The van der Waals surface area contributed by atoms with Crippen molar-refractivity contribution in [2.75, 3.05) is 5.73 Å². The van der Waals surface area contributed by atoms with Gasteiger partial charge in [0.15, 0.2) is 0 Å². The minimum absolute atomic E-state index is 0.0249. The molecule has 0 aliphatic carbocycles. The third kappa shape index (κ3) is 4.55. The van der Waals surface area contributed by atoms with Crippen molar-refractivity contribution in [3.8, 4) is 0 Å². The van der Waals surface area contributed by atoms with Crippen LogP contribution in [0, 0.1) is 16.3 Å². The van der Waals surface area contributed by atoms with Gasteiger partial charge in [-0.05, 0) is 53.8 Å². The number of hydrogen-bond acceptors (Lipinski definition) is 3. The molecule has 7 heteroatoms. The number of nitrogen functional groups attached to an aromatic ring is 1. The number of aromatic carboxylic acids is 1. The topological polar surface area (TPSA) is 85.3 Å². The van der Waals surface area contributed by atoms with Crippen LogP contribution in [0.2, 0.25) is 0 Å². The van der Waals surface area contributed by atoms with Crippen LogP contribution in [0.1, 0.15) is 15.9 Å². The standard InChI is InChI=1S/C8H10N2O3.C6H4FI/c1-4-3-5(8(12)13)6(9)10(2)7(4)11;7-5-2-1-3-6(8)4-5/h3H,9H2,1-2H3,(H,12,13);1-4H. The maximum Gasteiger partial charge on any atom is 0.339 e. The molecule has 0 aliphatic rings. The first-order chi connectivity index (χ1) is 9.73. The Labute approximate surface area is 134 Å². The Balaban J connectivity index is 0.000000235. The van der Waals surface area contributed by atoms with E-state index in [-0.39, 0.29) is 22.8 Å². The van der Waals surface area contributed by atoms with E-state index in [1.54, 1.807) is 13.0 Å². The zero-order chi connectivity index (χ0) is 16.2. The largest absolute Gasteiger partial charge is 0.478 e. The molecule has 3 N–H and O–H groups in total. The Morgan fingerprint density at radius 1 is 1.38 bits per heavy atom. The molecule has 0 amide bonds. The van der Waals surface area contributed by atoms with Crippen LogP contribution in [-0.4, -0.2) is 15.6 Å². The molecule has 0 radical (unpaired) electrons. The molecule has 0 fully saturated rings. The normalized spacial score (nSPS) is 9.71. The van der Waals surface area contributed by atoms with Crippen LogP contribution in [-0.2, 0) is 7.05 Å². The predicted molar refractivity (Wildman–Crippen MR) is 86.9 cm³/mol. The van der Waals surface area contributed by atoms with Crippen LogP contribution in [0.5, 0.6) is 0 Å². The molecule has 2 rings (SSSR count). The zero-order valence-corrected chi connectivity index (χ0v) is 13.6. The summed E-state index contributed by atoms with van der Waals surface area (Å²) in [4.78, 5) is 21.9. The number of benzene rings is 1. The van der Waals surface area contributed by atoms with Crippen molar-refractivity contribution in [2.45, 2.75) is 6.92 Å². The van der Waals surface area contributed by atoms with Gasteiger partial charge in [0.25, 0.3) is 5.56 Å². The number of halogens is 2. The van der Waals surface area contributed by atoms with Gasteiger partial charge in [-0.3, -0.25) is 9.36 Å². The van der Waals surface area contributed by atoms with E-state index in [0.29, 0.717) is 5.56 Å².